The van der Waals surface area contributed by atoms with Gasteiger partial charge in [-0.3, -0.25) is 0 Å². The predicted molar refractivity (Wildman–Crippen MR) is 99.2 cm³/mol. The van der Waals surface area contributed by atoms with Crippen LogP contribution in [0.3, 0.4) is 0 Å². The molecule has 0 bridgehead atoms. The number of nitrogen functional groups attached to an aromatic ring is 1. The van der Waals surface area contributed by atoms with Crippen molar-refractivity contribution in [2.45, 2.75) is 31.7 Å². The molecule has 3 rings (SSSR count). The maximum atomic E-state index is 6.01. The fourth-order valence-corrected chi connectivity index (χ4v) is 2.89. The van der Waals surface area contributed by atoms with Crippen molar-refractivity contribution in [3.05, 3.63) is 42.1 Å². The van der Waals surface area contributed by atoms with Gasteiger partial charge in [-0.25, -0.2) is 4.98 Å². The monoisotopic (exact) mass is 326 g/mol. The van der Waals surface area contributed by atoms with Crippen LogP contribution in [-0.2, 0) is 6.42 Å². The van der Waals surface area contributed by atoms with E-state index in [-0.39, 0.29) is 0 Å². The molecule has 0 spiro atoms. The summed E-state index contributed by atoms with van der Waals surface area (Å²) in [7, 11) is 0. The van der Waals surface area contributed by atoms with Gasteiger partial charge in [-0.15, -0.1) is 0 Å². The maximum Gasteiger partial charge on any atom is 0.224 e. The molecule has 1 fully saturated rings. The van der Waals surface area contributed by atoms with Gasteiger partial charge in [-0.1, -0.05) is 30.3 Å². The van der Waals surface area contributed by atoms with Crippen molar-refractivity contribution < 1.29 is 0 Å². The number of benzene rings is 1. The van der Waals surface area contributed by atoms with Crippen molar-refractivity contribution >= 4 is 17.5 Å². The topological polar surface area (TPSA) is 87.9 Å². The Morgan fingerprint density at radius 3 is 2.75 bits per heavy atom. The Bertz CT molecular complexity index is 625. The molecule has 2 aromatic rings. The number of hydrogen-bond donors (Lipinski definition) is 4. The summed E-state index contributed by atoms with van der Waals surface area (Å²) in [6.07, 6.45) is 5.93. The fourth-order valence-electron chi connectivity index (χ4n) is 2.89. The third-order valence-electron chi connectivity index (χ3n) is 4.27. The molecule has 2 heterocycles. The van der Waals surface area contributed by atoms with Crippen molar-refractivity contribution in [2.75, 3.05) is 36.0 Å². The van der Waals surface area contributed by atoms with Crippen LogP contribution in [0.25, 0.3) is 0 Å². The van der Waals surface area contributed by atoms with E-state index >= 15 is 0 Å². The van der Waals surface area contributed by atoms with Crippen LogP contribution in [0.4, 0.5) is 17.5 Å². The quantitative estimate of drug-likeness (QED) is 0.584. The van der Waals surface area contributed by atoms with E-state index in [9.17, 15) is 0 Å². The molecule has 5 N–H and O–H groups in total. The van der Waals surface area contributed by atoms with E-state index < -0.39 is 0 Å². The number of hydrogen-bond acceptors (Lipinski definition) is 6. The fraction of sp³-hybridized carbons (Fsp3) is 0.444. The first-order valence-electron chi connectivity index (χ1n) is 8.69. The van der Waals surface area contributed by atoms with Gasteiger partial charge in [0.05, 0.1) is 11.9 Å². The molecule has 128 valence electrons. The van der Waals surface area contributed by atoms with Crippen molar-refractivity contribution in [2.24, 2.45) is 0 Å². The van der Waals surface area contributed by atoms with E-state index in [2.05, 4.69) is 50.2 Å². The van der Waals surface area contributed by atoms with Crippen molar-refractivity contribution in [3.63, 3.8) is 0 Å². The van der Waals surface area contributed by atoms with E-state index in [1.807, 2.05) is 6.07 Å². The predicted octanol–water partition coefficient (Wildman–Crippen LogP) is 2.27. The van der Waals surface area contributed by atoms with Crippen molar-refractivity contribution in [1.29, 1.82) is 0 Å². The Morgan fingerprint density at radius 2 is 1.96 bits per heavy atom. The third kappa shape index (κ3) is 4.83. The maximum absolute atomic E-state index is 6.01. The van der Waals surface area contributed by atoms with Gasteiger partial charge in [-0.2, -0.15) is 4.98 Å². The summed E-state index contributed by atoms with van der Waals surface area (Å²) >= 11 is 0. The zero-order valence-corrected chi connectivity index (χ0v) is 14.0. The molecule has 1 aliphatic heterocycles. The minimum absolute atomic E-state index is 0.425. The van der Waals surface area contributed by atoms with Crippen LogP contribution < -0.4 is 21.7 Å². The standard InChI is InChI=1S/C18H26N6/c19-16-13-22-18(21-10-4-7-14-5-2-1-3-6-14)24-17(16)23-15-8-11-20-12-9-15/h1-3,5-6,13,15,20H,4,7-12,19H2,(H2,21,22,23,24). The van der Waals surface area contributed by atoms with E-state index in [1.165, 1.54) is 5.56 Å². The largest absolute Gasteiger partial charge is 0.394 e. The lowest BCUT2D eigenvalue weighted by molar-refractivity contribution is 0.478. The van der Waals surface area contributed by atoms with Crippen LogP contribution in [0.1, 0.15) is 24.8 Å². The van der Waals surface area contributed by atoms with Crippen molar-refractivity contribution in [3.8, 4) is 0 Å². The van der Waals surface area contributed by atoms with Crippen LogP contribution in [0.2, 0.25) is 0 Å². The summed E-state index contributed by atoms with van der Waals surface area (Å²) < 4.78 is 0. The number of anilines is 3. The van der Waals surface area contributed by atoms with Crippen LogP contribution >= 0.6 is 0 Å². The molecule has 0 saturated carbocycles. The van der Waals surface area contributed by atoms with Gasteiger partial charge < -0.3 is 21.7 Å². The second-order valence-corrected chi connectivity index (χ2v) is 6.18. The molecule has 0 unspecified atom stereocenters. The first kappa shape index (κ1) is 16.5. The normalized spacial score (nSPS) is 15.2. The molecular formula is C18H26N6. The first-order chi connectivity index (χ1) is 11.8. The highest BCUT2D eigenvalue weighted by Gasteiger charge is 2.15. The average molecular weight is 326 g/mol. The number of nitrogens with two attached hydrogens (primary N) is 1. The highest BCUT2D eigenvalue weighted by atomic mass is 15.2. The molecule has 0 aliphatic carbocycles. The van der Waals surface area contributed by atoms with Crippen LogP contribution in [-0.4, -0.2) is 35.6 Å². The van der Waals surface area contributed by atoms with Gasteiger partial charge in [0.25, 0.3) is 0 Å². The molecule has 24 heavy (non-hydrogen) atoms. The lowest BCUT2D eigenvalue weighted by Crippen LogP contribution is -2.35. The number of rotatable bonds is 7. The number of nitrogens with one attached hydrogen (secondary N) is 3. The molecule has 0 amide bonds. The second kappa shape index (κ2) is 8.49. The van der Waals surface area contributed by atoms with Gasteiger partial charge >= 0.3 is 0 Å². The zero-order chi connectivity index (χ0) is 16.6. The van der Waals surface area contributed by atoms with E-state index in [0.717, 1.165) is 51.1 Å². The smallest absolute Gasteiger partial charge is 0.224 e. The van der Waals surface area contributed by atoms with E-state index in [4.69, 9.17) is 5.73 Å². The minimum atomic E-state index is 0.425. The molecule has 6 heteroatoms. The number of nitrogens with zero attached hydrogens (tertiary/aromatic N) is 2. The van der Waals surface area contributed by atoms with Crippen LogP contribution in [0, 0.1) is 0 Å². The highest BCUT2D eigenvalue weighted by molar-refractivity contribution is 5.62. The Labute approximate surface area is 143 Å². The summed E-state index contributed by atoms with van der Waals surface area (Å²) in [5.74, 6) is 1.37. The molecule has 0 atom stereocenters. The minimum Gasteiger partial charge on any atom is -0.394 e. The molecule has 1 aromatic carbocycles. The second-order valence-electron chi connectivity index (χ2n) is 6.18. The summed E-state index contributed by atoms with van der Waals surface area (Å²) in [4.78, 5) is 8.81. The van der Waals surface area contributed by atoms with Gasteiger partial charge in [-0.05, 0) is 44.3 Å². The average Bonchev–Trinajstić information content (AvgIpc) is 2.63. The summed E-state index contributed by atoms with van der Waals surface area (Å²) in [6.45, 7) is 2.91. The SMILES string of the molecule is Nc1cnc(NCCCc2ccccc2)nc1NC1CCNCC1. The lowest BCUT2D eigenvalue weighted by Gasteiger charge is -2.24. The molecule has 0 radical (unpaired) electrons. The third-order valence-corrected chi connectivity index (χ3v) is 4.27. The summed E-state index contributed by atoms with van der Waals surface area (Å²) in [5, 5.41) is 10.1. The number of aromatic nitrogens is 2. The highest BCUT2D eigenvalue weighted by Crippen LogP contribution is 2.19. The number of piperidine rings is 1. The summed E-state index contributed by atoms with van der Waals surface area (Å²) in [5.41, 5.74) is 7.96. The Hall–Kier alpha value is -2.34. The Balaban J connectivity index is 1.49. The van der Waals surface area contributed by atoms with Crippen molar-refractivity contribution in [1.82, 2.24) is 15.3 Å². The molecule has 1 aliphatic rings. The van der Waals surface area contributed by atoms with Gasteiger partial charge in [0.2, 0.25) is 5.95 Å². The molecule has 6 nitrogen and oxygen atoms in total. The Morgan fingerprint density at radius 1 is 1.17 bits per heavy atom. The summed E-state index contributed by atoms with van der Waals surface area (Å²) in [6, 6.07) is 10.9. The molecule has 1 saturated heterocycles. The van der Waals surface area contributed by atoms with Crippen LogP contribution in [0.5, 0.6) is 0 Å². The Kier molecular flexibility index (Phi) is 5.85. The van der Waals surface area contributed by atoms with Gasteiger partial charge in [0.1, 0.15) is 0 Å². The van der Waals surface area contributed by atoms with E-state index in [0.29, 0.717) is 17.7 Å². The zero-order valence-electron chi connectivity index (χ0n) is 14.0. The molecular weight excluding hydrogens is 300 g/mol. The van der Waals surface area contributed by atoms with Gasteiger partial charge in [0, 0.05) is 12.6 Å². The van der Waals surface area contributed by atoms with Crippen LogP contribution in [0.15, 0.2) is 36.5 Å². The van der Waals surface area contributed by atoms with Gasteiger partial charge in [0.15, 0.2) is 5.82 Å². The number of aryl methyl sites for hydroxylation is 1. The van der Waals surface area contributed by atoms with E-state index in [1.54, 1.807) is 6.20 Å². The lowest BCUT2D eigenvalue weighted by atomic mass is 10.1. The first-order valence-corrected chi connectivity index (χ1v) is 8.69. The molecule has 1 aromatic heterocycles.